The van der Waals surface area contributed by atoms with Crippen LogP contribution in [0.3, 0.4) is 0 Å². The number of carbonyl (C=O) groups is 1. The lowest BCUT2D eigenvalue weighted by Gasteiger charge is -2.28. The Kier molecular flexibility index (Phi) is 1.90. The minimum absolute atomic E-state index is 0.0149. The summed E-state index contributed by atoms with van der Waals surface area (Å²) in [6, 6.07) is 3.08. The van der Waals surface area contributed by atoms with Crippen molar-refractivity contribution in [3.05, 3.63) is 29.1 Å². The third kappa shape index (κ3) is 1.19. The van der Waals surface area contributed by atoms with Gasteiger partial charge in [0.2, 0.25) is 0 Å². The van der Waals surface area contributed by atoms with Gasteiger partial charge in [0.15, 0.2) is 5.78 Å². The van der Waals surface area contributed by atoms with E-state index in [4.69, 9.17) is 0 Å². The van der Waals surface area contributed by atoms with Crippen LogP contribution in [-0.2, 0) is 0 Å². The molecule has 2 rings (SSSR count). The molecule has 0 bridgehead atoms. The van der Waals surface area contributed by atoms with E-state index in [1.165, 1.54) is 6.07 Å². The van der Waals surface area contributed by atoms with Crippen LogP contribution in [-0.4, -0.2) is 18.4 Å². The van der Waals surface area contributed by atoms with Crippen molar-refractivity contribution < 1.29 is 9.18 Å². The molecular weight excluding hydrogens is 193 g/mol. The second kappa shape index (κ2) is 2.81. The van der Waals surface area contributed by atoms with Gasteiger partial charge in [0.25, 0.3) is 0 Å². The maximum atomic E-state index is 13.4. The second-order valence-electron chi connectivity index (χ2n) is 4.57. The summed E-state index contributed by atoms with van der Waals surface area (Å²) in [6.45, 7) is 5.41. The van der Waals surface area contributed by atoms with Gasteiger partial charge >= 0.3 is 0 Å². The molecule has 0 saturated carbocycles. The Balaban J connectivity index is 2.69. The first-order chi connectivity index (χ1) is 6.85. The standard InChI is InChI=1S/C12H14FNO/c1-7-5-10-8(6-9(7)13)11(15)12(2,3)14(10)4/h5-6H,1-4H3. The topological polar surface area (TPSA) is 20.3 Å². The van der Waals surface area contributed by atoms with Crippen LogP contribution in [0.25, 0.3) is 0 Å². The predicted octanol–water partition coefficient (Wildman–Crippen LogP) is 2.55. The Morgan fingerprint density at radius 3 is 2.53 bits per heavy atom. The van der Waals surface area contributed by atoms with E-state index in [0.717, 1.165) is 5.69 Å². The lowest BCUT2D eigenvalue weighted by Crippen LogP contribution is -2.42. The number of anilines is 1. The Hall–Kier alpha value is -1.38. The summed E-state index contributed by atoms with van der Waals surface area (Å²) in [5.41, 5.74) is 1.32. The molecule has 0 atom stereocenters. The van der Waals surface area contributed by atoms with Crippen molar-refractivity contribution >= 4 is 11.5 Å². The van der Waals surface area contributed by atoms with Crippen molar-refractivity contribution in [3.63, 3.8) is 0 Å². The van der Waals surface area contributed by atoms with E-state index in [1.54, 1.807) is 13.0 Å². The smallest absolute Gasteiger partial charge is 0.189 e. The zero-order valence-electron chi connectivity index (χ0n) is 9.39. The largest absolute Gasteiger partial charge is 0.361 e. The van der Waals surface area contributed by atoms with Gasteiger partial charge in [-0.2, -0.15) is 0 Å². The van der Waals surface area contributed by atoms with Crippen molar-refractivity contribution in [1.82, 2.24) is 0 Å². The number of likely N-dealkylation sites (N-methyl/N-ethyl adjacent to an activating group) is 1. The van der Waals surface area contributed by atoms with Crippen LogP contribution < -0.4 is 4.90 Å². The molecule has 1 aromatic carbocycles. The summed E-state index contributed by atoms with van der Waals surface area (Å²) >= 11 is 0. The molecule has 0 aliphatic carbocycles. The van der Waals surface area contributed by atoms with E-state index in [9.17, 15) is 9.18 Å². The molecule has 3 heteroatoms. The van der Waals surface area contributed by atoms with E-state index in [0.29, 0.717) is 11.1 Å². The summed E-state index contributed by atoms with van der Waals surface area (Å²) < 4.78 is 13.4. The Morgan fingerprint density at radius 2 is 1.93 bits per heavy atom. The average Bonchev–Trinajstić information content (AvgIpc) is 2.32. The SMILES string of the molecule is Cc1cc2c(cc1F)C(=O)C(C)(C)N2C. The highest BCUT2D eigenvalue weighted by atomic mass is 19.1. The number of carbonyl (C=O) groups excluding carboxylic acids is 1. The number of hydrogen-bond acceptors (Lipinski definition) is 2. The van der Waals surface area contributed by atoms with Gasteiger partial charge in [0.1, 0.15) is 5.82 Å². The molecule has 80 valence electrons. The summed E-state index contributed by atoms with van der Waals surface area (Å²) in [4.78, 5) is 13.9. The van der Waals surface area contributed by atoms with Crippen molar-refractivity contribution in [1.29, 1.82) is 0 Å². The molecule has 0 N–H and O–H groups in total. The molecule has 1 heterocycles. The quantitative estimate of drug-likeness (QED) is 0.651. The summed E-state index contributed by atoms with van der Waals surface area (Å²) in [7, 11) is 1.86. The number of aryl methyl sites for hydroxylation is 1. The molecular formula is C12H14FNO. The van der Waals surface area contributed by atoms with Crippen molar-refractivity contribution in [2.45, 2.75) is 26.3 Å². The van der Waals surface area contributed by atoms with Gasteiger partial charge < -0.3 is 4.90 Å². The molecule has 0 aromatic heterocycles. The number of benzene rings is 1. The molecule has 1 aliphatic rings. The normalized spacial score (nSPS) is 18.2. The maximum absolute atomic E-state index is 13.4. The highest BCUT2D eigenvalue weighted by Crippen LogP contribution is 2.38. The van der Waals surface area contributed by atoms with Gasteiger partial charge in [0.05, 0.1) is 5.54 Å². The molecule has 0 saturated heterocycles. The van der Waals surface area contributed by atoms with Crippen LogP contribution in [0.1, 0.15) is 29.8 Å². The van der Waals surface area contributed by atoms with Crippen molar-refractivity contribution in [2.24, 2.45) is 0 Å². The minimum atomic E-state index is -0.567. The molecule has 0 amide bonds. The summed E-state index contributed by atoms with van der Waals surface area (Å²) in [5.74, 6) is -0.327. The highest BCUT2D eigenvalue weighted by molar-refractivity contribution is 6.13. The fraction of sp³-hybridized carbons (Fsp3) is 0.417. The number of rotatable bonds is 0. The Morgan fingerprint density at radius 1 is 1.33 bits per heavy atom. The van der Waals surface area contributed by atoms with Crippen LogP contribution in [0.15, 0.2) is 12.1 Å². The van der Waals surface area contributed by atoms with Crippen LogP contribution >= 0.6 is 0 Å². The van der Waals surface area contributed by atoms with Crippen LogP contribution in [0.2, 0.25) is 0 Å². The highest BCUT2D eigenvalue weighted by Gasteiger charge is 2.42. The van der Waals surface area contributed by atoms with E-state index < -0.39 is 5.54 Å². The molecule has 1 aliphatic heterocycles. The van der Waals surface area contributed by atoms with Gasteiger partial charge in [-0.05, 0) is 38.5 Å². The monoisotopic (exact) mass is 207 g/mol. The van der Waals surface area contributed by atoms with Gasteiger partial charge in [0, 0.05) is 18.3 Å². The molecule has 0 fully saturated rings. The predicted molar refractivity (Wildman–Crippen MR) is 57.9 cm³/mol. The Labute approximate surface area is 88.7 Å². The van der Waals surface area contributed by atoms with Gasteiger partial charge in [-0.1, -0.05) is 0 Å². The molecule has 0 spiro atoms. The number of fused-ring (bicyclic) bond motifs is 1. The van der Waals surface area contributed by atoms with E-state index in [1.807, 2.05) is 25.8 Å². The van der Waals surface area contributed by atoms with Gasteiger partial charge in [-0.15, -0.1) is 0 Å². The summed E-state index contributed by atoms with van der Waals surface area (Å²) in [5, 5.41) is 0. The zero-order valence-corrected chi connectivity index (χ0v) is 9.39. The fourth-order valence-corrected chi connectivity index (χ4v) is 1.91. The maximum Gasteiger partial charge on any atom is 0.189 e. The lowest BCUT2D eigenvalue weighted by molar-refractivity contribution is 0.0927. The fourth-order valence-electron chi connectivity index (χ4n) is 1.91. The summed E-state index contributed by atoms with van der Waals surface area (Å²) in [6.07, 6.45) is 0. The van der Waals surface area contributed by atoms with E-state index >= 15 is 0 Å². The van der Waals surface area contributed by atoms with Gasteiger partial charge in [-0.25, -0.2) is 4.39 Å². The second-order valence-corrected chi connectivity index (χ2v) is 4.57. The number of hydrogen-bond donors (Lipinski definition) is 0. The minimum Gasteiger partial charge on any atom is -0.361 e. The number of ketones is 1. The number of halogens is 1. The Bertz CT molecular complexity index is 451. The third-order valence-corrected chi connectivity index (χ3v) is 3.28. The molecule has 0 unspecified atom stereocenters. The van der Waals surface area contributed by atoms with Crippen molar-refractivity contribution in [2.75, 3.05) is 11.9 Å². The number of nitrogens with zero attached hydrogens (tertiary/aromatic N) is 1. The van der Waals surface area contributed by atoms with Crippen LogP contribution in [0.5, 0.6) is 0 Å². The van der Waals surface area contributed by atoms with Crippen LogP contribution in [0, 0.1) is 12.7 Å². The molecule has 2 nitrogen and oxygen atoms in total. The molecule has 1 aromatic rings. The van der Waals surface area contributed by atoms with E-state index in [-0.39, 0.29) is 11.6 Å². The lowest BCUT2D eigenvalue weighted by atomic mass is 9.97. The van der Waals surface area contributed by atoms with Crippen LogP contribution in [0.4, 0.5) is 10.1 Å². The van der Waals surface area contributed by atoms with Gasteiger partial charge in [-0.3, -0.25) is 4.79 Å². The molecule has 0 radical (unpaired) electrons. The third-order valence-electron chi connectivity index (χ3n) is 3.28. The first-order valence-electron chi connectivity index (χ1n) is 4.94. The molecule has 15 heavy (non-hydrogen) atoms. The number of Topliss-reactive ketones (excluding diaryl/α,β-unsaturated/α-hetero) is 1. The average molecular weight is 207 g/mol. The zero-order chi connectivity index (χ0) is 11.4. The first kappa shape index (κ1) is 10.1. The first-order valence-corrected chi connectivity index (χ1v) is 4.94. The van der Waals surface area contributed by atoms with E-state index in [2.05, 4.69) is 0 Å². The van der Waals surface area contributed by atoms with Crippen molar-refractivity contribution in [3.8, 4) is 0 Å².